The minimum Gasteiger partial charge on any atom is -0.490 e. The van der Waals surface area contributed by atoms with Crippen LogP contribution in [-0.2, 0) is 6.54 Å². The number of amides is 1. The second-order valence-corrected chi connectivity index (χ2v) is 5.47. The van der Waals surface area contributed by atoms with Crippen LogP contribution in [-0.4, -0.2) is 17.5 Å². The van der Waals surface area contributed by atoms with Gasteiger partial charge in [0.25, 0.3) is 5.91 Å². The highest BCUT2D eigenvalue weighted by Gasteiger charge is 2.14. The van der Waals surface area contributed by atoms with Gasteiger partial charge in [0.05, 0.1) is 16.7 Å². The van der Waals surface area contributed by atoms with Crippen LogP contribution in [0.3, 0.4) is 0 Å². The molecular formula is C16H16Cl2N2O2. The molecule has 0 radical (unpaired) electrons. The largest absolute Gasteiger partial charge is 0.490 e. The molecule has 2 aromatic rings. The maximum absolute atomic E-state index is 12.2. The van der Waals surface area contributed by atoms with E-state index in [2.05, 4.69) is 10.3 Å². The van der Waals surface area contributed by atoms with Gasteiger partial charge >= 0.3 is 0 Å². The third-order valence-electron chi connectivity index (χ3n) is 2.91. The summed E-state index contributed by atoms with van der Waals surface area (Å²) in [5.41, 5.74) is 1.36. The first-order valence-electron chi connectivity index (χ1n) is 6.90. The Morgan fingerprint density at radius 3 is 2.45 bits per heavy atom. The van der Waals surface area contributed by atoms with Crippen LogP contribution < -0.4 is 10.1 Å². The van der Waals surface area contributed by atoms with Crippen molar-refractivity contribution in [3.63, 3.8) is 0 Å². The van der Waals surface area contributed by atoms with Gasteiger partial charge in [0.1, 0.15) is 0 Å². The molecule has 0 aliphatic heterocycles. The lowest BCUT2D eigenvalue weighted by molar-refractivity contribution is 0.0951. The van der Waals surface area contributed by atoms with Crippen LogP contribution in [0.1, 0.15) is 29.3 Å². The van der Waals surface area contributed by atoms with Crippen LogP contribution in [0, 0.1) is 0 Å². The Bertz CT molecular complexity index is 625. The summed E-state index contributed by atoms with van der Waals surface area (Å²) in [4.78, 5) is 16.1. The fourth-order valence-electron chi connectivity index (χ4n) is 1.82. The van der Waals surface area contributed by atoms with Crippen molar-refractivity contribution < 1.29 is 9.53 Å². The Labute approximate surface area is 139 Å². The highest BCUT2D eigenvalue weighted by molar-refractivity contribution is 6.37. The second kappa shape index (κ2) is 8.01. The average Bonchev–Trinajstić information content (AvgIpc) is 2.52. The SMILES string of the molecule is CCCOc1c(Cl)cc(C(=O)NCc2ccncc2)cc1Cl. The summed E-state index contributed by atoms with van der Waals surface area (Å²) in [6, 6.07) is 6.78. The molecular weight excluding hydrogens is 323 g/mol. The molecule has 116 valence electrons. The number of nitrogens with one attached hydrogen (secondary N) is 1. The quantitative estimate of drug-likeness (QED) is 0.862. The van der Waals surface area contributed by atoms with Crippen molar-refractivity contribution in [1.29, 1.82) is 0 Å². The highest BCUT2D eigenvalue weighted by Crippen LogP contribution is 2.34. The molecule has 1 N–H and O–H groups in total. The fourth-order valence-corrected chi connectivity index (χ4v) is 2.41. The maximum atomic E-state index is 12.2. The van der Waals surface area contributed by atoms with Crippen molar-refractivity contribution in [3.05, 3.63) is 57.8 Å². The van der Waals surface area contributed by atoms with E-state index in [1.54, 1.807) is 24.5 Å². The summed E-state index contributed by atoms with van der Waals surface area (Å²) in [5, 5.41) is 3.46. The van der Waals surface area contributed by atoms with E-state index in [-0.39, 0.29) is 5.91 Å². The van der Waals surface area contributed by atoms with E-state index in [4.69, 9.17) is 27.9 Å². The summed E-state index contributed by atoms with van der Waals surface area (Å²) < 4.78 is 5.48. The first-order valence-corrected chi connectivity index (χ1v) is 7.66. The first kappa shape index (κ1) is 16.6. The fraction of sp³-hybridized carbons (Fsp3) is 0.250. The molecule has 0 saturated heterocycles. The van der Waals surface area contributed by atoms with Crippen LogP contribution in [0.2, 0.25) is 10.0 Å². The van der Waals surface area contributed by atoms with Gasteiger partial charge in [-0.1, -0.05) is 30.1 Å². The van der Waals surface area contributed by atoms with Gasteiger partial charge in [-0.3, -0.25) is 9.78 Å². The summed E-state index contributed by atoms with van der Waals surface area (Å²) >= 11 is 12.3. The number of benzene rings is 1. The normalized spacial score (nSPS) is 10.3. The third-order valence-corrected chi connectivity index (χ3v) is 3.47. The van der Waals surface area contributed by atoms with Gasteiger partial charge in [0, 0.05) is 24.5 Å². The summed E-state index contributed by atoms with van der Waals surface area (Å²) in [6.07, 6.45) is 4.20. The Kier molecular flexibility index (Phi) is 6.04. The number of halogens is 2. The number of pyridine rings is 1. The van der Waals surface area contributed by atoms with E-state index in [0.29, 0.717) is 34.5 Å². The zero-order valence-corrected chi connectivity index (χ0v) is 13.6. The number of hydrogen-bond acceptors (Lipinski definition) is 3. The second-order valence-electron chi connectivity index (χ2n) is 4.66. The molecule has 0 fully saturated rings. The molecule has 0 aliphatic rings. The van der Waals surface area contributed by atoms with Crippen molar-refractivity contribution in [2.75, 3.05) is 6.61 Å². The molecule has 0 spiro atoms. The summed E-state index contributed by atoms with van der Waals surface area (Å²) in [5.74, 6) is 0.165. The molecule has 1 aromatic carbocycles. The van der Waals surface area contributed by atoms with Gasteiger partial charge in [0.15, 0.2) is 5.75 Å². The Morgan fingerprint density at radius 1 is 1.23 bits per heavy atom. The summed E-state index contributed by atoms with van der Waals surface area (Å²) in [7, 11) is 0. The molecule has 2 rings (SSSR count). The Balaban J connectivity index is 2.07. The number of aromatic nitrogens is 1. The molecule has 0 atom stereocenters. The molecule has 0 unspecified atom stereocenters. The molecule has 0 aliphatic carbocycles. The van der Waals surface area contributed by atoms with E-state index in [0.717, 1.165) is 12.0 Å². The monoisotopic (exact) mass is 338 g/mol. The van der Waals surface area contributed by atoms with E-state index in [1.807, 2.05) is 19.1 Å². The lowest BCUT2D eigenvalue weighted by atomic mass is 10.2. The zero-order valence-electron chi connectivity index (χ0n) is 12.1. The molecule has 1 amide bonds. The topological polar surface area (TPSA) is 51.2 Å². The first-order chi connectivity index (χ1) is 10.6. The number of ether oxygens (including phenoxy) is 1. The number of hydrogen-bond donors (Lipinski definition) is 1. The number of carbonyl (C=O) groups excluding carboxylic acids is 1. The zero-order chi connectivity index (χ0) is 15.9. The van der Waals surface area contributed by atoms with E-state index < -0.39 is 0 Å². The maximum Gasteiger partial charge on any atom is 0.251 e. The number of carbonyl (C=O) groups is 1. The van der Waals surface area contributed by atoms with Crippen molar-refractivity contribution in [3.8, 4) is 5.75 Å². The molecule has 22 heavy (non-hydrogen) atoms. The van der Waals surface area contributed by atoms with Crippen LogP contribution in [0.15, 0.2) is 36.7 Å². The molecule has 0 bridgehead atoms. The molecule has 6 heteroatoms. The average molecular weight is 339 g/mol. The van der Waals surface area contributed by atoms with E-state index in [1.165, 1.54) is 0 Å². The lowest BCUT2D eigenvalue weighted by Gasteiger charge is -2.11. The third kappa shape index (κ3) is 4.36. The summed E-state index contributed by atoms with van der Waals surface area (Å²) in [6.45, 7) is 2.92. The van der Waals surface area contributed by atoms with Crippen LogP contribution in [0.4, 0.5) is 0 Å². The number of rotatable bonds is 6. The van der Waals surface area contributed by atoms with Crippen molar-refractivity contribution in [1.82, 2.24) is 10.3 Å². The van der Waals surface area contributed by atoms with Gasteiger partial charge in [0.2, 0.25) is 0 Å². The molecule has 0 saturated carbocycles. The van der Waals surface area contributed by atoms with Gasteiger partial charge < -0.3 is 10.1 Å². The molecule has 4 nitrogen and oxygen atoms in total. The predicted octanol–water partition coefficient (Wildman–Crippen LogP) is 4.11. The van der Waals surface area contributed by atoms with E-state index >= 15 is 0 Å². The van der Waals surface area contributed by atoms with Crippen molar-refractivity contribution in [2.24, 2.45) is 0 Å². The highest BCUT2D eigenvalue weighted by atomic mass is 35.5. The van der Waals surface area contributed by atoms with Gasteiger partial charge in [-0.15, -0.1) is 0 Å². The minimum absolute atomic E-state index is 0.248. The van der Waals surface area contributed by atoms with Gasteiger partial charge in [-0.25, -0.2) is 0 Å². The van der Waals surface area contributed by atoms with Gasteiger partial charge in [-0.2, -0.15) is 0 Å². The Hall–Kier alpha value is -1.78. The lowest BCUT2D eigenvalue weighted by Crippen LogP contribution is -2.22. The van der Waals surface area contributed by atoms with Crippen molar-refractivity contribution >= 4 is 29.1 Å². The smallest absolute Gasteiger partial charge is 0.251 e. The standard InChI is InChI=1S/C16H16Cl2N2O2/c1-2-7-22-15-13(17)8-12(9-14(15)18)16(21)20-10-11-3-5-19-6-4-11/h3-6,8-9H,2,7,10H2,1H3,(H,20,21). The molecule has 1 heterocycles. The number of nitrogens with zero attached hydrogens (tertiary/aromatic N) is 1. The van der Waals surface area contributed by atoms with E-state index in [9.17, 15) is 4.79 Å². The van der Waals surface area contributed by atoms with Crippen LogP contribution in [0.25, 0.3) is 0 Å². The van der Waals surface area contributed by atoms with Crippen LogP contribution >= 0.6 is 23.2 Å². The minimum atomic E-state index is -0.248. The Morgan fingerprint density at radius 2 is 1.86 bits per heavy atom. The van der Waals surface area contributed by atoms with Crippen molar-refractivity contribution in [2.45, 2.75) is 19.9 Å². The van der Waals surface area contributed by atoms with Crippen LogP contribution in [0.5, 0.6) is 5.75 Å². The van der Waals surface area contributed by atoms with Gasteiger partial charge in [-0.05, 0) is 36.2 Å². The predicted molar refractivity (Wildman–Crippen MR) is 87.7 cm³/mol. The molecule has 1 aromatic heterocycles.